The molecule has 0 saturated heterocycles. The van der Waals surface area contributed by atoms with Crippen LogP contribution in [0.2, 0.25) is 5.02 Å². The summed E-state index contributed by atoms with van der Waals surface area (Å²) in [6.07, 6.45) is 0.434. The average Bonchev–Trinajstić information content (AvgIpc) is 2.65. The molecule has 1 N–H and O–H groups in total. The van der Waals surface area contributed by atoms with Crippen LogP contribution in [0, 0.1) is 5.92 Å². The van der Waals surface area contributed by atoms with Gasteiger partial charge >= 0.3 is 5.97 Å². The Labute approximate surface area is 161 Å². The molecule has 0 spiro atoms. The van der Waals surface area contributed by atoms with Crippen LogP contribution in [-0.4, -0.2) is 30.9 Å². The summed E-state index contributed by atoms with van der Waals surface area (Å²) in [7, 11) is 0. The van der Waals surface area contributed by atoms with Crippen molar-refractivity contribution in [3.63, 3.8) is 0 Å². The molecule has 1 amide bonds. The number of hydrogen-bond acceptors (Lipinski definition) is 5. The van der Waals surface area contributed by atoms with E-state index in [0.717, 1.165) is 5.56 Å². The molecule has 27 heavy (non-hydrogen) atoms. The Balaban J connectivity index is 1.55. The number of hydrogen-bond donors (Lipinski definition) is 1. The minimum absolute atomic E-state index is 0.167. The van der Waals surface area contributed by atoms with Crippen molar-refractivity contribution in [3.8, 4) is 5.75 Å². The van der Waals surface area contributed by atoms with Crippen molar-refractivity contribution >= 4 is 34.9 Å². The fourth-order valence-electron chi connectivity index (χ4n) is 2.85. The first-order valence-electron chi connectivity index (χ1n) is 8.41. The lowest BCUT2D eigenvalue weighted by Crippen LogP contribution is -2.32. The Morgan fingerprint density at radius 3 is 2.78 bits per heavy atom. The molecule has 6 nitrogen and oxygen atoms in total. The van der Waals surface area contributed by atoms with Crippen LogP contribution in [0.15, 0.2) is 42.5 Å². The van der Waals surface area contributed by atoms with Crippen molar-refractivity contribution in [3.05, 3.63) is 58.6 Å². The Hall–Kier alpha value is -2.86. The molecular formula is C20H18ClNO5. The van der Waals surface area contributed by atoms with Crippen LogP contribution < -0.4 is 10.1 Å². The number of carbonyl (C=O) groups excluding carboxylic acids is 3. The van der Waals surface area contributed by atoms with E-state index in [4.69, 9.17) is 21.1 Å². The van der Waals surface area contributed by atoms with Crippen LogP contribution in [0.1, 0.15) is 22.8 Å². The van der Waals surface area contributed by atoms with Crippen LogP contribution in [-0.2, 0) is 20.7 Å². The Kier molecular flexibility index (Phi) is 5.76. The SMILES string of the molecule is CC(=O)c1ccccc1NC(=O)COC(=O)[C@@H]1COc2ccc(Cl)cc2C1. The van der Waals surface area contributed by atoms with E-state index in [1.165, 1.54) is 6.92 Å². The number of rotatable bonds is 5. The van der Waals surface area contributed by atoms with Gasteiger partial charge in [0.15, 0.2) is 12.4 Å². The fourth-order valence-corrected chi connectivity index (χ4v) is 3.05. The van der Waals surface area contributed by atoms with Gasteiger partial charge < -0.3 is 14.8 Å². The highest BCUT2D eigenvalue weighted by molar-refractivity contribution is 6.30. The summed E-state index contributed by atoms with van der Waals surface area (Å²) < 4.78 is 10.7. The van der Waals surface area contributed by atoms with Gasteiger partial charge in [0.1, 0.15) is 12.4 Å². The largest absolute Gasteiger partial charge is 0.492 e. The van der Waals surface area contributed by atoms with Crippen molar-refractivity contribution in [1.29, 1.82) is 0 Å². The Morgan fingerprint density at radius 2 is 2.00 bits per heavy atom. The van der Waals surface area contributed by atoms with E-state index < -0.39 is 24.4 Å². The minimum atomic E-state index is -0.518. The lowest BCUT2D eigenvalue weighted by atomic mass is 9.97. The third-order valence-corrected chi connectivity index (χ3v) is 4.42. The summed E-state index contributed by atoms with van der Waals surface area (Å²) in [5, 5.41) is 3.15. The van der Waals surface area contributed by atoms with Crippen molar-refractivity contribution in [1.82, 2.24) is 0 Å². The van der Waals surface area contributed by atoms with Gasteiger partial charge in [-0.05, 0) is 49.2 Å². The van der Waals surface area contributed by atoms with Gasteiger partial charge in [-0.3, -0.25) is 14.4 Å². The second-order valence-electron chi connectivity index (χ2n) is 6.22. The number of ether oxygens (including phenoxy) is 2. The van der Waals surface area contributed by atoms with Crippen molar-refractivity contribution in [2.24, 2.45) is 5.92 Å². The van der Waals surface area contributed by atoms with Crippen LogP contribution in [0.3, 0.4) is 0 Å². The van der Waals surface area contributed by atoms with Gasteiger partial charge in [0.05, 0.1) is 11.6 Å². The monoisotopic (exact) mass is 387 g/mol. The zero-order valence-electron chi connectivity index (χ0n) is 14.7. The van der Waals surface area contributed by atoms with E-state index in [-0.39, 0.29) is 12.4 Å². The molecule has 140 valence electrons. The summed E-state index contributed by atoms with van der Waals surface area (Å²) in [6, 6.07) is 11.9. The quantitative estimate of drug-likeness (QED) is 0.629. The first-order chi connectivity index (χ1) is 12.9. The molecule has 0 fully saturated rings. The predicted molar refractivity (Wildman–Crippen MR) is 100 cm³/mol. The lowest BCUT2D eigenvalue weighted by Gasteiger charge is -2.24. The number of carbonyl (C=O) groups is 3. The number of anilines is 1. The Morgan fingerprint density at radius 1 is 1.22 bits per heavy atom. The summed E-state index contributed by atoms with van der Waals surface area (Å²) >= 11 is 5.97. The van der Waals surface area contributed by atoms with Gasteiger partial charge in [-0.25, -0.2) is 0 Å². The van der Waals surface area contributed by atoms with E-state index in [2.05, 4.69) is 5.32 Å². The van der Waals surface area contributed by atoms with E-state index in [1.54, 1.807) is 42.5 Å². The number of benzene rings is 2. The van der Waals surface area contributed by atoms with Crippen LogP contribution in [0.25, 0.3) is 0 Å². The average molecular weight is 388 g/mol. The van der Waals surface area contributed by atoms with Crippen molar-refractivity contribution in [2.45, 2.75) is 13.3 Å². The number of ketones is 1. The summed E-state index contributed by atoms with van der Waals surface area (Å²) in [5.74, 6) is -1.01. The molecule has 0 unspecified atom stereocenters. The second-order valence-corrected chi connectivity index (χ2v) is 6.66. The summed E-state index contributed by atoms with van der Waals surface area (Å²) in [6.45, 7) is 1.16. The molecule has 2 aromatic carbocycles. The molecular weight excluding hydrogens is 370 g/mol. The Bertz CT molecular complexity index is 896. The smallest absolute Gasteiger partial charge is 0.313 e. The number of amides is 1. The van der Waals surface area contributed by atoms with Gasteiger partial charge in [-0.1, -0.05) is 23.7 Å². The number of para-hydroxylation sites is 1. The number of halogens is 1. The summed E-state index contributed by atoms with van der Waals surface area (Å²) in [4.78, 5) is 35.9. The van der Waals surface area contributed by atoms with Gasteiger partial charge in [-0.15, -0.1) is 0 Å². The third-order valence-electron chi connectivity index (χ3n) is 4.19. The molecule has 1 atom stereocenters. The number of Topliss-reactive ketones (excluding diaryl/α,β-unsaturated/α-hetero) is 1. The number of nitrogens with one attached hydrogen (secondary N) is 1. The molecule has 2 aromatic rings. The van der Waals surface area contributed by atoms with Crippen LogP contribution in [0.4, 0.5) is 5.69 Å². The second kappa shape index (κ2) is 8.22. The number of fused-ring (bicyclic) bond motifs is 1. The normalized spacial score (nSPS) is 15.3. The first kappa shape index (κ1) is 18.9. The van der Waals surface area contributed by atoms with Crippen molar-refractivity contribution < 1.29 is 23.9 Å². The molecule has 7 heteroatoms. The molecule has 1 aliphatic heterocycles. The van der Waals surface area contributed by atoms with Gasteiger partial charge in [0.25, 0.3) is 5.91 Å². The number of esters is 1. The third kappa shape index (κ3) is 4.65. The molecule has 3 rings (SSSR count). The maximum atomic E-state index is 12.3. The highest BCUT2D eigenvalue weighted by Gasteiger charge is 2.28. The molecule has 1 heterocycles. The van der Waals surface area contributed by atoms with E-state index >= 15 is 0 Å². The molecule has 0 bridgehead atoms. The maximum Gasteiger partial charge on any atom is 0.313 e. The van der Waals surface area contributed by atoms with E-state index in [9.17, 15) is 14.4 Å². The highest BCUT2D eigenvalue weighted by Crippen LogP contribution is 2.30. The zero-order valence-corrected chi connectivity index (χ0v) is 15.4. The molecule has 0 saturated carbocycles. The van der Waals surface area contributed by atoms with E-state index in [1.807, 2.05) is 0 Å². The van der Waals surface area contributed by atoms with Gasteiger partial charge in [0, 0.05) is 10.6 Å². The highest BCUT2D eigenvalue weighted by atomic mass is 35.5. The van der Waals surface area contributed by atoms with Gasteiger partial charge in [0.2, 0.25) is 0 Å². The van der Waals surface area contributed by atoms with Gasteiger partial charge in [-0.2, -0.15) is 0 Å². The van der Waals surface area contributed by atoms with Crippen LogP contribution in [0.5, 0.6) is 5.75 Å². The van der Waals surface area contributed by atoms with Crippen molar-refractivity contribution in [2.75, 3.05) is 18.5 Å². The first-order valence-corrected chi connectivity index (χ1v) is 8.79. The maximum absolute atomic E-state index is 12.3. The zero-order chi connectivity index (χ0) is 19.4. The molecule has 0 aromatic heterocycles. The fraction of sp³-hybridized carbons (Fsp3) is 0.250. The lowest BCUT2D eigenvalue weighted by molar-refractivity contribution is -0.152. The van der Waals surface area contributed by atoms with Crippen LogP contribution >= 0.6 is 11.6 Å². The summed E-state index contributed by atoms with van der Waals surface area (Å²) in [5.41, 5.74) is 1.61. The predicted octanol–water partition coefficient (Wildman–Crippen LogP) is 3.28. The molecule has 1 aliphatic rings. The molecule has 0 radical (unpaired) electrons. The standard InChI is InChI=1S/C20H18ClNO5/c1-12(23)16-4-2-3-5-17(16)22-19(24)11-27-20(25)14-8-13-9-15(21)6-7-18(13)26-10-14/h2-7,9,14H,8,10-11H2,1H3,(H,22,24)/t14-/m0/s1. The van der Waals surface area contributed by atoms with E-state index in [0.29, 0.717) is 28.4 Å². The molecule has 0 aliphatic carbocycles. The minimum Gasteiger partial charge on any atom is -0.492 e. The topological polar surface area (TPSA) is 81.7 Å².